The predicted octanol–water partition coefficient (Wildman–Crippen LogP) is 0.738. The van der Waals surface area contributed by atoms with E-state index in [1.54, 1.807) is 6.92 Å². The number of morpholine rings is 1. The Labute approximate surface area is 124 Å². The molecule has 0 bridgehead atoms. The van der Waals surface area contributed by atoms with Crippen molar-refractivity contribution in [1.29, 1.82) is 0 Å². The van der Waals surface area contributed by atoms with Crippen molar-refractivity contribution in [3.05, 3.63) is 22.2 Å². The van der Waals surface area contributed by atoms with Gasteiger partial charge in [-0.1, -0.05) is 13.8 Å². The third kappa shape index (κ3) is 5.55. The summed E-state index contributed by atoms with van der Waals surface area (Å²) >= 11 is 0. The number of carbonyl (C=O) groups is 1. The molecule has 0 atom stereocenters. The lowest BCUT2D eigenvalue weighted by Gasteiger charge is -2.27. The van der Waals surface area contributed by atoms with Crippen LogP contribution in [-0.4, -0.2) is 48.8 Å². The minimum Gasteiger partial charge on any atom is -0.466 e. The van der Waals surface area contributed by atoms with Crippen LogP contribution < -0.4 is 10.5 Å². The molecule has 2 heterocycles. The molecule has 1 aromatic rings. The summed E-state index contributed by atoms with van der Waals surface area (Å²) in [6.45, 7) is 8.65. The molecule has 1 aliphatic heterocycles. The van der Waals surface area contributed by atoms with E-state index in [4.69, 9.17) is 9.47 Å². The zero-order valence-electron chi connectivity index (χ0n) is 12.8. The SMILES string of the molecule is CC.CCOC(=O)Cc1nc(N2CCOCC2)cc(=O)[nH]1. The molecule has 0 radical (unpaired) electrons. The van der Waals surface area contributed by atoms with Gasteiger partial charge in [-0.3, -0.25) is 9.59 Å². The molecule has 7 nitrogen and oxygen atoms in total. The van der Waals surface area contributed by atoms with Crippen LogP contribution in [0.25, 0.3) is 0 Å². The number of aromatic nitrogens is 2. The second kappa shape index (κ2) is 9.12. The molecule has 0 aromatic carbocycles. The first-order valence-corrected chi connectivity index (χ1v) is 7.27. The quantitative estimate of drug-likeness (QED) is 0.825. The molecule has 1 aromatic heterocycles. The highest BCUT2D eigenvalue weighted by molar-refractivity contribution is 5.71. The van der Waals surface area contributed by atoms with Gasteiger partial charge in [-0.15, -0.1) is 0 Å². The minimum atomic E-state index is -0.398. The minimum absolute atomic E-state index is 0.0265. The van der Waals surface area contributed by atoms with Crippen LogP contribution in [0, 0.1) is 0 Å². The highest BCUT2D eigenvalue weighted by Gasteiger charge is 2.15. The van der Waals surface area contributed by atoms with Gasteiger partial charge < -0.3 is 19.4 Å². The Kier molecular flexibility index (Phi) is 7.45. The second-order valence-corrected chi connectivity index (χ2v) is 4.13. The smallest absolute Gasteiger partial charge is 0.313 e. The molecule has 0 saturated carbocycles. The molecule has 7 heteroatoms. The van der Waals surface area contributed by atoms with Gasteiger partial charge in [0.25, 0.3) is 5.56 Å². The zero-order valence-corrected chi connectivity index (χ0v) is 12.8. The Morgan fingerprint density at radius 3 is 2.71 bits per heavy atom. The molecule has 1 N–H and O–H groups in total. The van der Waals surface area contributed by atoms with Crippen molar-refractivity contribution in [2.45, 2.75) is 27.2 Å². The molecule has 21 heavy (non-hydrogen) atoms. The fourth-order valence-electron chi connectivity index (χ4n) is 1.88. The Hall–Kier alpha value is -1.89. The van der Waals surface area contributed by atoms with E-state index in [2.05, 4.69) is 9.97 Å². The molecule has 1 aliphatic rings. The van der Waals surface area contributed by atoms with Crippen LogP contribution in [-0.2, 0) is 20.7 Å². The standard InChI is InChI=1S/C12H17N3O4.C2H6/c1-2-19-12(17)7-9-13-10(8-11(16)14-9)15-3-5-18-6-4-15;1-2/h8H,2-7H2,1H3,(H,13,14,16);1-2H3. The first kappa shape index (κ1) is 17.2. The number of nitrogens with one attached hydrogen (secondary N) is 1. The zero-order chi connectivity index (χ0) is 15.7. The number of esters is 1. The summed E-state index contributed by atoms with van der Waals surface area (Å²) in [5.74, 6) is 0.503. The van der Waals surface area contributed by atoms with Crippen molar-refractivity contribution in [2.24, 2.45) is 0 Å². The molecule has 1 fully saturated rings. The van der Waals surface area contributed by atoms with E-state index in [9.17, 15) is 9.59 Å². The van der Waals surface area contributed by atoms with Crippen LogP contribution in [0.2, 0.25) is 0 Å². The number of hydrogen-bond donors (Lipinski definition) is 1. The number of hydrogen-bond acceptors (Lipinski definition) is 6. The van der Waals surface area contributed by atoms with E-state index < -0.39 is 5.97 Å². The lowest BCUT2D eigenvalue weighted by molar-refractivity contribution is -0.142. The average Bonchev–Trinajstić information content (AvgIpc) is 2.50. The van der Waals surface area contributed by atoms with Crippen molar-refractivity contribution in [3.63, 3.8) is 0 Å². The number of carbonyl (C=O) groups excluding carboxylic acids is 1. The summed E-state index contributed by atoms with van der Waals surface area (Å²) in [6, 6.07) is 1.43. The van der Waals surface area contributed by atoms with E-state index >= 15 is 0 Å². The number of nitrogens with zero attached hydrogens (tertiary/aromatic N) is 2. The van der Waals surface area contributed by atoms with Crippen LogP contribution in [0.5, 0.6) is 0 Å². The molecule has 0 aliphatic carbocycles. The van der Waals surface area contributed by atoms with Gasteiger partial charge in [0.15, 0.2) is 0 Å². The molecular formula is C14H23N3O4. The van der Waals surface area contributed by atoms with Gasteiger partial charge in [-0.25, -0.2) is 4.98 Å². The fourth-order valence-corrected chi connectivity index (χ4v) is 1.88. The summed E-state index contributed by atoms with van der Waals surface area (Å²) < 4.78 is 10.1. The Morgan fingerprint density at radius 2 is 2.10 bits per heavy atom. The molecule has 118 valence electrons. The molecule has 1 saturated heterocycles. The number of ether oxygens (including phenoxy) is 2. The third-order valence-corrected chi connectivity index (χ3v) is 2.73. The predicted molar refractivity (Wildman–Crippen MR) is 79.6 cm³/mol. The number of aromatic amines is 1. The number of anilines is 1. The second-order valence-electron chi connectivity index (χ2n) is 4.13. The van der Waals surface area contributed by atoms with E-state index in [0.717, 1.165) is 0 Å². The molecular weight excluding hydrogens is 274 g/mol. The summed E-state index contributed by atoms with van der Waals surface area (Å²) in [5, 5.41) is 0. The normalized spacial score (nSPS) is 14.1. The lowest BCUT2D eigenvalue weighted by Crippen LogP contribution is -2.37. The Balaban J connectivity index is 0.00000106. The monoisotopic (exact) mass is 297 g/mol. The number of H-pyrrole nitrogens is 1. The van der Waals surface area contributed by atoms with E-state index in [0.29, 0.717) is 44.6 Å². The van der Waals surface area contributed by atoms with Gasteiger partial charge in [-0.05, 0) is 6.92 Å². The molecule has 0 amide bonds. The summed E-state index contributed by atoms with van der Waals surface area (Å²) in [7, 11) is 0. The maximum Gasteiger partial charge on any atom is 0.313 e. The van der Waals surface area contributed by atoms with Crippen molar-refractivity contribution in [1.82, 2.24) is 9.97 Å². The molecule has 0 spiro atoms. The van der Waals surface area contributed by atoms with Crippen LogP contribution >= 0.6 is 0 Å². The summed E-state index contributed by atoms with van der Waals surface area (Å²) in [4.78, 5) is 31.8. The van der Waals surface area contributed by atoms with Crippen LogP contribution in [0.1, 0.15) is 26.6 Å². The Morgan fingerprint density at radius 1 is 1.43 bits per heavy atom. The van der Waals surface area contributed by atoms with Gasteiger partial charge in [-0.2, -0.15) is 0 Å². The topological polar surface area (TPSA) is 84.5 Å². The molecule has 2 rings (SSSR count). The largest absolute Gasteiger partial charge is 0.466 e. The van der Waals surface area contributed by atoms with E-state index in [1.807, 2.05) is 18.7 Å². The average molecular weight is 297 g/mol. The van der Waals surface area contributed by atoms with Crippen molar-refractivity contribution in [3.8, 4) is 0 Å². The molecule has 0 unspecified atom stereocenters. The van der Waals surface area contributed by atoms with Gasteiger partial charge >= 0.3 is 5.97 Å². The first-order chi connectivity index (χ1) is 10.2. The van der Waals surface area contributed by atoms with Gasteiger partial charge in [0, 0.05) is 19.2 Å². The third-order valence-electron chi connectivity index (χ3n) is 2.73. The van der Waals surface area contributed by atoms with Crippen molar-refractivity contribution in [2.75, 3.05) is 37.8 Å². The van der Waals surface area contributed by atoms with E-state index in [1.165, 1.54) is 6.07 Å². The van der Waals surface area contributed by atoms with Gasteiger partial charge in [0.2, 0.25) is 0 Å². The summed E-state index contributed by atoms with van der Waals surface area (Å²) in [5.41, 5.74) is -0.268. The lowest BCUT2D eigenvalue weighted by atomic mass is 10.3. The van der Waals surface area contributed by atoms with Crippen LogP contribution in [0.3, 0.4) is 0 Å². The highest BCUT2D eigenvalue weighted by atomic mass is 16.5. The summed E-state index contributed by atoms with van der Waals surface area (Å²) in [6.07, 6.45) is -0.0265. The van der Waals surface area contributed by atoms with Gasteiger partial charge in [0.1, 0.15) is 18.1 Å². The maximum atomic E-state index is 11.6. The van der Waals surface area contributed by atoms with E-state index in [-0.39, 0.29) is 12.0 Å². The van der Waals surface area contributed by atoms with Crippen LogP contribution in [0.15, 0.2) is 10.9 Å². The highest BCUT2D eigenvalue weighted by Crippen LogP contribution is 2.10. The van der Waals surface area contributed by atoms with Gasteiger partial charge in [0.05, 0.1) is 19.8 Å². The maximum absolute atomic E-state index is 11.6. The Bertz CT molecular complexity index is 495. The fraction of sp³-hybridized carbons (Fsp3) is 0.643. The van der Waals surface area contributed by atoms with Crippen LogP contribution in [0.4, 0.5) is 5.82 Å². The number of rotatable bonds is 4. The first-order valence-electron chi connectivity index (χ1n) is 7.27. The van der Waals surface area contributed by atoms with Crippen molar-refractivity contribution >= 4 is 11.8 Å². The van der Waals surface area contributed by atoms with Crippen molar-refractivity contribution < 1.29 is 14.3 Å².